The summed E-state index contributed by atoms with van der Waals surface area (Å²) in [5, 5.41) is 5.27. The summed E-state index contributed by atoms with van der Waals surface area (Å²) in [5.74, 6) is 0.384. The first kappa shape index (κ1) is 14.7. The molecular formula is C13H7Cl3N2O2S. The second-order valence-electron chi connectivity index (χ2n) is 4.10. The van der Waals surface area contributed by atoms with Gasteiger partial charge in [-0.25, -0.2) is 4.31 Å². The highest BCUT2D eigenvalue weighted by Crippen LogP contribution is 2.33. The molecule has 2 aromatic rings. The van der Waals surface area contributed by atoms with Crippen LogP contribution in [0.5, 0.6) is 0 Å². The Labute approximate surface area is 138 Å². The molecule has 4 nitrogen and oxygen atoms in total. The maximum atomic E-state index is 12.0. The van der Waals surface area contributed by atoms with Gasteiger partial charge in [0.2, 0.25) is 0 Å². The molecule has 1 unspecified atom stereocenters. The Balaban J connectivity index is 2.05. The number of rotatable bonds is 2. The fourth-order valence-electron chi connectivity index (χ4n) is 1.82. The molecule has 1 heterocycles. The van der Waals surface area contributed by atoms with Crippen molar-refractivity contribution in [3.63, 3.8) is 0 Å². The van der Waals surface area contributed by atoms with E-state index in [1.165, 1.54) is 4.31 Å². The highest BCUT2D eigenvalue weighted by Gasteiger charge is 2.31. The van der Waals surface area contributed by atoms with Gasteiger partial charge in [-0.1, -0.05) is 34.8 Å². The van der Waals surface area contributed by atoms with Crippen molar-refractivity contribution in [2.75, 3.05) is 4.31 Å². The van der Waals surface area contributed by atoms with Crippen LogP contribution in [0.15, 0.2) is 47.6 Å². The van der Waals surface area contributed by atoms with Crippen LogP contribution in [-0.2, 0) is 15.6 Å². The normalized spacial score (nSPS) is 17.6. The SMILES string of the molecule is O=S1ON=C(c2ccc(Cl)cc2)N1c1ccc(Cl)cc1Cl. The Morgan fingerprint density at radius 3 is 2.33 bits per heavy atom. The fraction of sp³-hybridized carbons (Fsp3) is 0. The van der Waals surface area contributed by atoms with Crippen molar-refractivity contribution in [2.24, 2.45) is 5.16 Å². The first-order valence-corrected chi connectivity index (χ1v) is 7.91. The number of oxime groups is 1. The van der Waals surface area contributed by atoms with Gasteiger partial charge in [-0.2, -0.15) is 4.21 Å². The van der Waals surface area contributed by atoms with Crippen LogP contribution in [0.25, 0.3) is 0 Å². The van der Waals surface area contributed by atoms with Crippen LogP contribution >= 0.6 is 34.8 Å². The van der Waals surface area contributed by atoms with E-state index in [0.29, 0.717) is 32.2 Å². The molecule has 0 saturated heterocycles. The molecule has 21 heavy (non-hydrogen) atoms. The quantitative estimate of drug-likeness (QED) is 0.794. The molecule has 0 spiro atoms. The maximum Gasteiger partial charge on any atom is 0.346 e. The average Bonchev–Trinajstić information content (AvgIpc) is 2.82. The molecule has 2 aromatic carbocycles. The van der Waals surface area contributed by atoms with Crippen LogP contribution in [0.3, 0.4) is 0 Å². The van der Waals surface area contributed by atoms with Gasteiger partial charge >= 0.3 is 11.3 Å². The Bertz CT molecular complexity index is 750. The molecule has 0 bridgehead atoms. The summed E-state index contributed by atoms with van der Waals surface area (Å²) < 4.78 is 18.3. The van der Waals surface area contributed by atoms with Gasteiger partial charge in [-0.3, -0.25) is 4.28 Å². The zero-order chi connectivity index (χ0) is 15.0. The van der Waals surface area contributed by atoms with E-state index in [0.717, 1.165) is 0 Å². The van der Waals surface area contributed by atoms with Crippen molar-refractivity contribution in [1.82, 2.24) is 0 Å². The Morgan fingerprint density at radius 1 is 1.00 bits per heavy atom. The predicted molar refractivity (Wildman–Crippen MR) is 86.2 cm³/mol. The molecular weight excluding hydrogens is 355 g/mol. The molecule has 8 heteroatoms. The van der Waals surface area contributed by atoms with Crippen LogP contribution in [-0.4, -0.2) is 10.0 Å². The van der Waals surface area contributed by atoms with Gasteiger partial charge < -0.3 is 0 Å². The third-order valence-corrected chi connectivity index (χ3v) is 4.42. The number of hydrogen-bond acceptors (Lipinski definition) is 3. The number of hydrogen-bond donors (Lipinski definition) is 0. The average molecular weight is 362 g/mol. The van der Waals surface area contributed by atoms with E-state index in [4.69, 9.17) is 39.1 Å². The van der Waals surface area contributed by atoms with Gasteiger partial charge in [0.05, 0.1) is 10.7 Å². The molecule has 0 N–H and O–H groups in total. The summed E-state index contributed by atoms with van der Waals surface area (Å²) in [4.78, 5) is 0. The lowest BCUT2D eigenvalue weighted by Gasteiger charge is -2.17. The first-order chi connectivity index (χ1) is 10.1. The van der Waals surface area contributed by atoms with Crippen LogP contribution in [0.4, 0.5) is 5.69 Å². The second-order valence-corrected chi connectivity index (χ2v) is 6.33. The van der Waals surface area contributed by atoms with Crippen LogP contribution in [0.1, 0.15) is 5.56 Å². The van der Waals surface area contributed by atoms with E-state index in [1.54, 1.807) is 42.5 Å². The molecule has 108 valence electrons. The molecule has 3 rings (SSSR count). The van der Waals surface area contributed by atoms with Crippen molar-refractivity contribution >= 4 is 57.6 Å². The minimum absolute atomic E-state index is 0.350. The standard InChI is InChI=1S/C13H7Cl3N2O2S/c14-9-3-1-8(2-4-9)13-17-20-21(19)18(13)12-6-5-10(15)7-11(12)16/h1-7H. The molecule has 0 radical (unpaired) electrons. The van der Waals surface area contributed by atoms with Crippen molar-refractivity contribution in [1.29, 1.82) is 0 Å². The predicted octanol–water partition coefficient (Wildman–Crippen LogP) is 4.42. The molecule has 1 aliphatic heterocycles. The van der Waals surface area contributed by atoms with Crippen molar-refractivity contribution in [3.05, 3.63) is 63.1 Å². The lowest BCUT2D eigenvalue weighted by atomic mass is 10.2. The smallest absolute Gasteiger partial charge is 0.268 e. The van der Waals surface area contributed by atoms with E-state index < -0.39 is 11.3 Å². The van der Waals surface area contributed by atoms with Crippen LogP contribution in [0.2, 0.25) is 15.1 Å². The number of anilines is 1. The number of amidine groups is 1. The van der Waals surface area contributed by atoms with Crippen LogP contribution in [0, 0.1) is 0 Å². The summed E-state index contributed by atoms with van der Waals surface area (Å²) in [6.45, 7) is 0. The summed E-state index contributed by atoms with van der Waals surface area (Å²) in [6.07, 6.45) is 0. The summed E-state index contributed by atoms with van der Waals surface area (Å²) in [5.41, 5.74) is 1.20. The Hall–Kier alpha value is -1.27. The largest absolute Gasteiger partial charge is 0.346 e. The van der Waals surface area contributed by atoms with Gasteiger partial charge in [-0.05, 0) is 47.6 Å². The molecule has 1 aliphatic rings. The van der Waals surface area contributed by atoms with Gasteiger partial charge in [-0.15, -0.1) is 0 Å². The third kappa shape index (κ3) is 2.87. The van der Waals surface area contributed by atoms with E-state index in [2.05, 4.69) is 5.16 Å². The molecule has 0 aromatic heterocycles. The summed E-state index contributed by atoms with van der Waals surface area (Å²) in [7, 11) is 0. The number of halogens is 3. The highest BCUT2D eigenvalue weighted by molar-refractivity contribution is 7.83. The van der Waals surface area contributed by atoms with Crippen molar-refractivity contribution in [3.8, 4) is 0 Å². The maximum absolute atomic E-state index is 12.0. The molecule has 0 amide bonds. The fourth-order valence-corrected chi connectivity index (χ4v) is 3.29. The number of nitrogens with zero attached hydrogens (tertiary/aromatic N) is 2. The monoisotopic (exact) mass is 360 g/mol. The molecule has 1 atom stereocenters. The zero-order valence-corrected chi connectivity index (χ0v) is 13.4. The second kappa shape index (κ2) is 5.85. The minimum Gasteiger partial charge on any atom is -0.268 e. The lowest BCUT2D eigenvalue weighted by molar-refractivity contribution is 0.386. The van der Waals surface area contributed by atoms with E-state index in [1.807, 2.05) is 0 Å². The summed E-state index contributed by atoms with van der Waals surface area (Å²) in [6, 6.07) is 11.8. The van der Waals surface area contributed by atoms with Gasteiger partial charge in [0.1, 0.15) is 0 Å². The van der Waals surface area contributed by atoms with Gasteiger partial charge in [0.15, 0.2) is 5.84 Å². The Morgan fingerprint density at radius 2 is 1.67 bits per heavy atom. The molecule has 0 aliphatic carbocycles. The molecule has 0 fully saturated rings. The molecule has 0 saturated carbocycles. The summed E-state index contributed by atoms with van der Waals surface area (Å²) >= 11 is 16.1. The zero-order valence-electron chi connectivity index (χ0n) is 10.3. The van der Waals surface area contributed by atoms with Crippen molar-refractivity contribution < 1.29 is 8.49 Å². The van der Waals surface area contributed by atoms with Gasteiger partial charge in [0.25, 0.3) is 0 Å². The van der Waals surface area contributed by atoms with E-state index >= 15 is 0 Å². The van der Waals surface area contributed by atoms with Gasteiger partial charge in [0, 0.05) is 15.6 Å². The first-order valence-electron chi connectivity index (χ1n) is 5.75. The number of benzene rings is 2. The third-order valence-electron chi connectivity index (χ3n) is 2.76. The van der Waals surface area contributed by atoms with Crippen molar-refractivity contribution in [2.45, 2.75) is 0 Å². The van der Waals surface area contributed by atoms with E-state index in [-0.39, 0.29) is 0 Å². The minimum atomic E-state index is -1.80. The van der Waals surface area contributed by atoms with Crippen LogP contribution < -0.4 is 4.31 Å². The Kier molecular flexibility index (Phi) is 4.08. The van der Waals surface area contributed by atoms with E-state index in [9.17, 15) is 4.21 Å². The topological polar surface area (TPSA) is 41.9 Å². The highest BCUT2D eigenvalue weighted by atomic mass is 35.5. The lowest BCUT2D eigenvalue weighted by Crippen LogP contribution is -2.28.